The number of nitrogens with one attached hydrogen (secondary N) is 2. The molecule has 1 aliphatic heterocycles. The number of rotatable bonds is 5. The van der Waals surface area contributed by atoms with E-state index in [9.17, 15) is 9.18 Å². The van der Waals surface area contributed by atoms with Crippen molar-refractivity contribution in [2.75, 3.05) is 49.2 Å². The molecular weight excluding hydrogens is 337 g/mol. The Morgan fingerprint density at radius 2 is 1.92 bits per heavy atom. The van der Waals surface area contributed by atoms with E-state index in [0.717, 1.165) is 42.4 Å². The number of carbonyl (C=O) groups is 1. The van der Waals surface area contributed by atoms with Crippen LogP contribution in [0.3, 0.4) is 0 Å². The summed E-state index contributed by atoms with van der Waals surface area (Å²) in [5.74, 6) is -0.168. The van der Waals surface area contributed by atoms with Gasteiger partial charge in [0.15, 0.2) is 6.54 Å². The fourth-order valence-corrected chi connectivity index (χ4v) is 3.50. The number of nitrogens with zero attached hydrogens (tertiary/aromatic N) is 1. The van der Waals surface area contributed by atoms with Gasteiger partial charge in [-0.1, -0.05) is 6.07 Å². The molecule has 1 aliphatic rings. The van der Waals surface area contributed by atoms with E-state index >= 15 is 0 Å². The molecule has 0 unspecified atom stereocenters. The van der Waals surface area contributed by atoms with Crippen molar-refractivity contribution < 1.29 is 14.1 Å². The van der Waals surface area contributed by atoms with Gasteiger partial charge in [0.1, 0.15) is 5.82 Å². The van der Waals surface area contributed by atoms with E-state index in [4.69, 9.17) is 0 Å². The van der Waals surface area contributed by atoms with E-state index in [0.29, 0.717) is 6.54 Å². The Labute approximate surface area is 152 Å². The maximum absolute atomic E-state index is 13.0. The van der Waals surface area contributed by atoms with Gasteiger partial charge in [0.2, 0.25) is 0 Å². The fourth-order valence-electron chi connectivity index (χ4n) is 3.04. The standard InChI is InChI=1S/C19H22FN3OS/c1-25-18-4-2-3-16(13-18)21-19(24)14-22-9-11-23(12-10-22)17-7-5-15(20)6-8-17/h2-8,13H,9-12,14H2,1H3,(H,21,24)/p+1. The van der Waals surface area contributed by atoms with Gasteiger partial charge in [0.25, 0.3) is 5.91 Å². The summed E-state index contributed by atoms with van der Waals surface area (Å²) in [6.45, 7) is 4.01. The number of thioether (sulfide) groups is 1. The van der Waals surface area contributed by atoms with Gasteiger partial charge in [-0.25, -0.2) is 4.39 Å². The summed E-state index contributed by atoms with van der Waals surface area (Å²) in [7, 11) is 0. The predicted molar refractivity (Wildman–Crippen MR) is 101 cm³/mol. The van der Waals surface area contributed by atoms with Gasteiger partial charge in [-0.15, -0.1) is 11.8 Å². The molecule has 0 bridgehead atoms. The summed E-state index contributed by atoms with van der Waals surface area (Å²) in [5, 5.41) is 2.98. The molecule has 0 atom stereocenters. The second kappa shape index (κ2) is 8.36. The van der Waals surface area contributed by atoms with Gasteiger partial charge in [0.05, 0.1) is 26.2 Å². The van der Waals surface area contributed by atoms with Crippen LogP contribution >= 0.6 is 11.8 Å². The molecular formula is C19H23FN3OS+. The Hall–Kier alpha value is -2.05. The molecule has 1 saturated heterocycles. The van der Waals surface area contributed by atoms with Gasteiger partial charge >= 0.3 is 0 Å². The molecule has 2 aromatic carbocycles. The molecule has 1 fully saturated rings. The summed E-state index contributed by atoms with van der Waals surface area (Å²) in [6, 6.07) is 14.5. The number of hydrogen-bond donors (Lipinski definition) is 2. The van der Waals surface area contributed by atoms with Crippen molar-refractivity contribution in [2.45, 2.75) is 4.90 Å². The molecule has 132 valence electrons. The summed E-state index contributed by atoms with van der Waals surface area (Å²) >= 11 is 1.66. The number of amides is 1. The third-order valence-corrected chi connectivity index (χ3v) is 5.15. The van der Waals surface area contributed by atoms with Crippen molar-refractivity contribution in [1.82, 2.24) is 0 Å². The van der Waals surface area contributed by atoms with Crippen LogP contribution in [0.1, 0.15) is 0 Å². The lowest BCUT2D eigenvalue weighted by Gasteiger charge is -2.33. The normalized spacial score (nSPS) is 15.2. The lowest BCUT2D eigenvalue weighted by atomic mass is 10.2. The SMILES string of the molecule is CSc1cccc(NC(=O)C[NH+]2CCN(c3ccc(F)cc3)CC2)c1. The molecule has 2 aromatic rings. The largest absolute Gasteiger partial charge is 0.360 e. The van der Waals surface area contributed by atoms with Crippen molar-refractivity contribution in [3.8, 4) is 0 Å². The molecule has 25 heavy (non-hydrogen) atoms. The van der Waals surface area contributed by atoms with Crippen LogP contribution < -0.4 is 15.1 Å². The monoisotopic (exact) mass is 360 g/mol. The number of hydrogen-bond acceptors (Lipinski definition) is 3. The third-order valence-electron chi connectivity index (χ3n) is 4.43. The molecule has 6 heteroatoms. The summed E-state index contributed by atoms with van der Waals surface area (Å²) in [5.41, 5.74) is 1.89. The van der Waals surface area contributed by atoms with Crippen LogP contribution in [0.2, 0.25) is 0 Å². The van der Waals surface area contributed by atoms with E-state index < -0.39 is 0 Å². The van der Waals surface area contributed by atoms with Crippen molar-refractivity contribution in [3.05, 3.63) is 54.3 Å². The average molecular weight is 360 g/mol. The maximum atomic E-state index is 13.0. The zero-order valence-corrected chi connectivity index (χ0v) is 15.1. The third kappa shape index (κ3) is 4.96. The molecule has 3 rings (SSSR count). The van der Waals surface area contributed by atoms with Crippen LogP contribution in [-0.4, -0.2) is 44.9 Å². The van der Waals surface area contributed by atoms with Gasteiger partial charge in [0, 0.05) is 16.3 Å². The van der Waals surface area contributed by atoms with Crippen molar-refractivity contribution in [3.63, 3.8) is 0 Å². The second-order valence-corrected chi connectivity index (χ2v) is 7.05. The van der Waals surface area contributed by atoms with E-state index in [-0.39, 0.29) is 11.7 Å². The minimum Gasteiger partial charge on any atom is -0.360 e. The minimum atomic E-state index is -0.213. The molecule has 0 saturated carbocycles. The number of piperazine rings is 1. The van der Waals surface area contributed by atoms with E-state index in [2.05, 4.69) is 10.2 Å². The number of anilines is 2. The predicted octanol–water partition coefficient (Wildman–Crippen LogP) is 1.89. The fraction of sp³-hybridized carbons (Fsp3) is 0.316. The van der Waals surface area contributed by atoms with Gasteiger partial charge < -0.3 is 15.1 Å². The zero-order valence-electron chi connectivity index (χ0n) is 14.3. The van der Waals surface area contributed by atoms with Crippen LogP contribution in [0.25, 0.3) is 0 Å². The van der Waals surface area contributed by atoms with Gasteiger partial charge in [-0.05, 0) is 48.7 Å². The van der Waals surface area contributed by atoms with Crippen molar-refractivity contribution in [1.29, 1.82) is 0 Å². The number of carbonyl (C=O) groups excluding carboxylic acids is 1. The van der Waals surface area contributed by atoms with E-state index in [1.807, 2.05) is 42.7 Å². The lowest BCUT2D eigenvalue weighted by molar-refractivity contribution is -0.892. The quantitative estimate of drug-likeness (QED) is 0.800. The van der Waals surface area contributed by atoms with E-state index in [1.165, 1.54) is 17.0 Å². The first-order valence-electron chi connectivity index (χ1n) is 8.42. The molecule has 0 aromatic heterocycles. The zero-order chi connectivity index (χ0) is 17.6. The average Bonchev–Trinajstić information content (AvgIpc) is 2.63. The van der Waals surface area contributed by atoms with Crippen LogP contribution in [-0.2, 0) is 4.79 Å². The molecule has 1 amide bonds. The summed E-state index contributed by atoms with van der Waals surface area (Å²) in [6.07, 6.45) is 2.02. The smallest absolute Gasteiger partial charge is 0.279 e. The number of quaternary nitrogens is 1. The first-order chi connectivity index (χ1) is 12.1. The highest BCUT2D eigenvalue weighted by Crippen LogP contribution is 2.18. The van der Waals surface area contributed by atoms with Gasteiger partial charge in [-0.3, -0.25) is 4.79 Å². The molecule has 0 radical (unpaired) electrons. The van der Waals surface area contributed by atoms with Crippen LogP contribution in [0.5, 0.6) is 0 Å². The van der Waals surface area contributed by atoms with Crippen LogP contribution in [0.15, 0.2) is 53.4 Å². The van der Waals surface area contributed by atoms with Crippen LogP contribution in [0, 0.1) is 5.82 Å². The molecule has 0 aliphatic carbocycles. The summed E-state index contributed by atoms with van der Waals surface area (Å²) in [4.78, 5) is 16.9. The van der Waals surface area contributed by atoms with Crippen molar-refractivity contribution >= 4 is 29.0 Å². The topological polar surface area (TPSA) is 36.8 Å². The van der Waals surface area contributed by atoms with Crippen molar-refractivity contribution in [2.24, 2.45) is 0 Å². The minimum absolute atomic E-state index is 0.0449. The lowest BCUT2D eigenvalue weighted by Crippen LogP contribution is -3.15. The number of halogens is 1. The first-order valence-corrected chi connectivity index (χ1v) is 9.64. The highest BCUT2D eigenvalue weighted by Gasteiger charge is 2.22. The molecule has 0 spiro atoms. The number of benzene rings is 2. The van der Waals surface area contributed by atoms with Crippen LogP contribution in [0.4, 0.5) is 15.8 Å². The molecule has 2 N–H and O–H groups in total. The molecule has 1 heterocycles. The Bertz CT molecular complexity index is 715. The highest BCUT2D eigenvalue weighted by atomic mass is 32.2. The first kappa shape index (κ1) is 17.8. The summed E-state index contributed by atoms with van der Waals surface area (Å²) < 4.78 is 13.0. The van der Waals surface area contributed by atoms with Gasteiger partial charge in [-0.2, -0.15) is 0 Å². The van der Waals surface area contributed by atoms with E-state index in [1.54, 1.807) is 11.8 Å². The highest BCUT2D eigenvalue weighted by molar-refractivity contribution is 7.98. The Kier molecular flexibility index (Phi) is 5.94. The Morgan fingerprint density at radius 1 is 1.20 bits per heavy atom. The maximum Gasteiger partial charge on any atom is 0.279 e. The molecule has 4 nitrogen and oxygen atoms in total. The second-order valence-electron chi connectivity index (χ2n) is 6.17. The Balaban J connectivity index is 1.48. The Morgan fingerprint density at radius 3 is 2.60 bits per heavy atom.